The molecule has 0 saturated carbocycles. The van der Waals surface area contributed by atoms with E-state index in [4.69, 9.17) is 0 Å². The molecule has 0 atom stereocenters. The van der Waals surface area contributed by atoms with E-state index >= 15 is 0 Å². The highest BCUT2D eigenvalue weighted by Crippen LogP contribution is 2.18. The first-order chi connectivity index (χ1) is 11.7. The molecule has 0 aliphatic carbocycles. The van der Waals surface area contributed by atoms with Gasteiger partial charge in [-0.25, -0.2) is 4.79 Å². The zero-order chi connectivity index (χ0) is 18.4. The van der Waals surface area contributed by atoms with Crippen LogP contribution in [0.2, 0.25) is 0 Å². The summed E-state index contributed by atoms with van der Waals surface area (Å²) in [6.45, 7) is 0.401. The molecule has 8 nitrogen and oxygen atoms in total. The summed E-state index contributed by atoms with van der Waals surface area (Å²) in [7, 11) is 0. The molecule has 0 fully saturated rings. The number of carbonyl (C=O) groups excluding carboxylic acids is 2. The molecule has 0 aliphatic rings. The molecular formula is C13H13F3N6O2S. The lowest BCUT2D eigenvalue weighted by Gasteiger charge is -2.09. The van der Waals surface area contributed by atoms with E-state index in [9.17, 15) is 22.8 Å². The molecule has 2 N–H and O–H groups in total. The number of benzene rings is 1. The van der Waals surface area contributed by atoms with Crippen LogP contribution in [0, 0.1) is 6.92 Å². The summed E-state index contributed by atoms with van der Waals surface area (Å²) in [6, 6.07) is 6.09. The van der Waals surface area contributed by atoms with Crippen molar-refractivity contribution in [3.63, 3.8) is 0 Å². The Morgan fingerprint density at radius 1 is 1.24 bits per heavy atom. The Kier molecular flexibility index (Phi) is 5.96. The monoisotopic (exact) mass is 374 g/mol. The molecule has 12 heteroatoms. The summed E-state index contributed by atoms with van der Waals surface area (Å²) in [4.78, 5) is 22.8. The molecular weight excluding hydrogens is 361 g/mol. The number of urea groups is 1. The molecule has 0 saturated heterocycles. The van der Waals surface area contributed by atoms with Crippen LogP contribution in [0.25, 0.3) is 5.69 Å². The molecule has 1 aromatic heterocycles. The Bertz CT molecular complexity index is 747. The van der Waals surface area contributed by atoms with Crippen LogP contribution in [0.15, 0.2) is 29.4 Å². The van der Waals surface area contributed by atoms with Crippen molar-refractivity contribution in [2.75, 3.05) is 12.3 Å². The lowest BCUT2D eigenvalue weighted by molar-refractivity contribution is -0.124. The Labute approximate surface area is 144 Å². The molecule has 0 bridgehead atoms. The van der Waals surface area contributed by atoms with Crippen molar-refractivity contribution in [3.05, 3.63) is 29.8 Å². The molecule has 25 heavy (non-hydrogen) atoms. The molecule has 0 unspecified atom stereocenters. The zero-order valence-corrected chi connectivity index (χ0v) is 13.7. The smallest absolute Gasteiger partial charge is 0.329 e. The molecule has 1 aromatic carbocycles. The lowest BCUT2D eigenvalue weighted by atomic mass is 10.2. The van der Waals surface area contributed by atoms with Gasteiger partial charge in [-0.15, -0.1) is 5.10 Å². The van der Waals surface area contributed by atoms with Gasteiger partial charge in [-0.3, -0.25) is 10.1 Å². The molecule has 0 aliphatic heterocycles. The van der Waals surface area contributed by atoms with E-state index in [0.29, 0.717) is 10.8 Å². The summed E-state index contributed by atoms with van der Waals surface area (Å²) in [5.74, 6) is -1.02. The van der Waals surface area contributed by atoms with Gasteiger partial charge in [0.05, 0.1) is 11.4 Å². The minimum atomic E-state index is -4.55. The first-order valence-corrected chi connectivity index (χ1v) is 7.86. The molecule has 2 aromatic rings. The number of aromatic nitrogens is 4. The van der Waals surface area contributed by atoms with E-state index < -0.39 is 24.7 Å². The Balaban J connectivity index is 1.87. The van der Waals surface area contributed by atoms with Crippen molar-refractivity contribution in [2.45, 2.75) is 18.3 Å². The average molecular weight is 374 g/mol. The molecule has 1 heterocycles. The maximum absolute atomic E-state index is 12.0. The third-order valence-electron chi connectivity index (χ3n) is 2.75. The van der Waals surface area contributed by atoms with Crippen LogP contribution < -0.4 is 10.6 Å². The van der Waals surface area contributed by atoms with Crippen LogP contribution in [0.5, 0.6) is 0 Å². The fourth-order valence-electron chi connectivity index (χ4n) is 1.63. The standard InChI is InChI=1S/C13H13F3N6O2S/c1-8-2-4-9(5-3-8)22-12(19-20-21-22)25-6-10(23)18-11(24)17-7-13(14,15)16/h2-5H,6-7H2,1H3,(H2,17,18,23,24). The van der Waals surface area contributed by atoms with Gasteiger partial charge in [-0.2, -0.15) is 17.9 Å². The second-order valence-electron chi connectivity index (χ2n) is 4.84. The van der Waals surface area contributed by atoms with Crippen LogP contribution in [-0.4, -0.2) is 50.6 Å². The lowest BCUT2D eigenvalue weighted by Crippen LogP contribution is -2.43. The van der Waals surface area contributed by atoms with Crippen molar-refractivity contribution in [1.29, 1.82) is 0 Å². The largest absolute Gasteiger partial charge is 0.405 e. The number of amides is 3. The van der Waals surface area contributed by atoms with E-state index in [0.717, 1.165) is 17.3 Å². The van der Waals surface area contributed by atoms with Gasteiger partial charge in [0.1, 0.15) is 6.54 Å². The van der Waals surface area contributed by atoms with Crippen molar-refractivity contribution in [3.8, 4) is 5.69 Å². The number of tetrazole rings is 1. The van der Waals surface area contributed by atoms with Crippen LogP contribution in [-0.2, 0) is 4.79 Å². The van der Waals surface area contributed by atoms with Gasteiger partial charge >= 0.3 is 12.2 Å². The number of rotatable bonds is 5. The second-order valence-corrected chi connectivity index (χ2v) is 5.79. The first kappa shape index (κ1) is 18.7. The van der Waals surface area contributed by atoms with Gasteiger partial charge in [0.25, 0.3) is 0 Å². The minimum Gasteiger partial charge on any atom is -0.329 e. The Morgan fingerprint density at radius 3 is 2.56 bits per heavy atom. The van der Waals surface area contributed by atoms with E-state index in [1.54, 1.807) is 17.4 Å². The van der Waals surface area contributed by atoms with Crippen molar-refractivity contribution in [2.24, 2.45) is 0 Å². The van der Waals surface area contributed by atoms with Gasteiger partial charge in [0.15, 0.2) is 0 Å². The van der Waals surface area contributed by atoms with Crippen LogP contribution in [0.1, 0.15) is 5.56 Å². The first-order valence-electron chi connectivity index (χ1n) is 6.87. The van der Waals surface area contributed by atoms with Crippen molar-refractivity contribution >= 4 is 23.7 Å². The number of halogens is 3. The molecule has 0 radical (unpaired) electrons. The highest BCUT2D eigenvalue weighted by molar-refractivity contribution is 7.99. The minimum absolute atomic E-state index is 0.244. The molecule has 3 amide bonds. The normalized spacial score (nSPS) is 11.2. The van der Waals surface area contributed by atoms with Crippen LogP contribution >= 0.6 is 11.8 Å². The van der Waals surface area contributed by atoms with Gasteiger partial charge in [0.2, 0.25) is 11.1 Å². The number of hydrogen-bond acceptors (Lipinski definition) is 6. The summed E-state index contributed by atoms with van der Waals surface area (Å²) in [5, 5.41) is 14.7. The van der Waals surface area contributed by atoms with Crippen molar-refractivity contribution in [1.82, 2.24) is 30.8 Å². The zero-order valence-electron chi connectivity index (χ0n) is 12.9. The number of nitrogens with one attached hydrogen (secondary N) is 2. The van der Waals surface area contributed by atoms with Crippen LogP contribution in [0.4, 0.5) is 18.0 Å². The van der Waals surface area contributed by atoms with E-state index in [1.165, 1.54) is 10.00 Å². The highest BCUT2D eigenvalue weighted by Gasteiger charge is 2.28. The maximum atomic E-state index is 12.0. The fourth-order valence-corrected chi connectivity index (χ4v) is 2.33. The van der Waals surface area contributed by atoms with E-state index in [-0.39, 0.29) is 5.75 Å². The highest BCUT2D eigenvalue weighted by atomic mass is 32.2. The number of carbonyl (C=O) groups is 2. The topological polar surface area (TPSA) is 102 Å². The summed E-state index contributed by atoms with van der Waals surface area (Å²) < 4.78 is 37.3. The van der Waals surface area contributed by atoms with Gasteiger partial charge in [-0.05, 0) is 29.5 Å². The SMILES string of the molecule is Cc1ccc(-n2nnnc2SCC(=O)NC(=O)NCC(F)(F)F)cc1. The third kappa shape index (κ3) is 6.06. The summed E-state index contributed by atoms with van der Waals surface area (Å²) in [6.07, 6.45) is -4.55. The number of imide groups is 1. The van der Waals surface area contributed by atoms with Gasteiger partial charge in [0, 0.05) is 0 Å². The Morgan fingerprint density at radius 2 is 1.92 bits per heavy atom. The second kappa shape index (κ2) is 7.96. The number of thioether (sulfide) groups is 1. The van der Waals surface area contributed by atoms with E-state index in [1.807, 2.05) is 19.1 Å². The third-order valence-corrected chi connectivity index (χ3v) is 3.67. The van der Waals surface area contributed by atoms with Crippen molar-refractivity contribution < 1.29 is 22.8 Å². The summed E-state index contributed by atoms with van der Waals surface area (Å²) >= 11 is 0.939. The van der Waals surface area contributed by atoms with E-state index in [2.05, 4.69) is 15.5 Å². The number of alkyl halides is 3. The number of nitrogens with zero attached hydrogens (tertiary/aromatic N) is 4. The fraction of sp³-hybridized carbons (Fsp3) is 0.308. The van der Waals surface area contributed by atoms with Gasteiger partial charge in [-0.1, -0.05) is 29.5 Å². The number of hydrogen-bond donors (Lipinski definition) is 2. The predicted molar refractivity (Wildman–Crippen MR) is 82.2 cm³/mol. The quantitative estimate of drug-likeness (QED) is 0.768. The van der Waals surface area contributed by atoms with Gasteiger partial charge < -0.3 is 5.32 Å². The predicted octanol–water partition coefficient (Wildman–Crippen LogP) is 1.45. The number of aryl methyl sites for hydroxylation is 1. The average Bonchev–Trinajstić information content (AvgIpc) is 2.99. The maximum Gasteiger partial charge on any atom is 0.405 e. The molecule has 0 spiro atoms. The molecule has 134 valence electrons. The van der Waals surface area contributed by atoms with Crippen LogP contribution in [0.3, 0.4) is 0 Å². The molecule has 2 rings (SSSR count). The summed E-state index contributed by atoms with van der Waals surface area (Å²) in [5.41, 5.74) is 1.73. The Hall–Kier alpha value is -2.63.